The SMILES string of the molecule is CC(=O)c1ccc(-c2ccc(-c3csc(C(=O)NCc4ccc(CC(=O)O)cc4)c3)cc2)cc1O. The zero-order chi connectivity index (χ0) is 24.9. The van der Waals surface area contributed by atoms with E-state index in [-0.39, 0.29) is 23.9 Å². The summed E-state index contributed by atoms with van der Waals surface area (Å²) in [4.78, 5) is 35.5. The van der Waals surface area contributed by atoms with Gasteiger partial charge in [-0.05, 0) is 63.9 Å². The first-order valence-corrected chi connectivity index (χ1v) is 11.8. The van der Waals surface area contributed by atoms with E-state index in [2.05, 4.69) is 5.32 Å². The Labute approximate surface area is 206 Å². The van der Waals surface area contributed by atoms with Crippen LogP contribution in [0.25, 0.3) is 22.3 Å². The fourth-order valence-electron chi connectivity index (χ4n) is 3.69. The summed E-state index contributed by atoms with van der Waals surface area (Å²) in [5, 5.41) is 23.8. The van der Waals surface area contributed by atoms with E-state index < -0.39 is 5.97 Å². The lowest BCUT2D eigenvalue weighted by atomic mass is 9.99. The second-order valence-corrected chi connectivity index (χ2v) is 9.05. The Morgan fingerprint density at radius 2 is 1.40 bits per heavy atom. The maximum Gasteiger partial charge on any atom is 0.307 e. The summed E-state index contributed by atoms with van der Waals surface area (Å²) < 4.78 is 0. The van der Waals surface area contributed by atoms with Gasteiger partial charge in [0.15, 0.2) is 5.78 Å². The summed E-state index contributed by atoms with van der Waals surface area (Å²) in [5.74, 6) is -1.27. The molecular weight excluding hydrogens is 462 g/mol. The summed E-state index contributed by atoms with van der Waals surface area (Å²) >= 11 is 1.36. The minimum Gasteiger partial charge on any atom is -0.507 e. The molecule has 4 aromatic rings. The van der Waals surface area contributed by atoms with Gasteiger partial charge in [-0.25, -0.2) is 0 Å². The highest BCUT2D eigenvalue weighted by molar-refractivity contribution is 7.12. The van der Waals surface area contributed by atoms with Gasteiger partial charge in [0.1, 0.15) is 5.75 Å². The molecule has 1 heterocycles. The van der Waals surface area contributed by atoms with Gasteiger partial charge in [-0.2, -0.15) is 0 Å². The van der Waals surface area contributed by atoms with E-state index in [0.29, 0.717) is 22.5 Å². The number of ketones is 1. The molecule has 0 aliphatic carbocycles. The van der Waals surface area contributed by atoms with Crippen molar-refractivity contribution in [2.45, 2.75) is 19.9 Å². The number of carbonyl (C=O) groups is 3. The molecule has 0 atom stereocenters. The van der Waals surface area contributed by atoms with Crippen molar-refractivity contribution < 1.29 is 24.6 Å². The molecule has 0 bridgehead atoms. The van der Waals surface area contributed by atoms with Crippen LogP contribution in [0.2, 0.25) is 0 Å². The third-order valence-corrected chi connectivity index (χ3v) is 6.51. The van der Waals surface area contributed by atoms with Gasteiger partial charge in [-0.15, -0.1) is 11.3 Å². The van der Waals surface area contributed by atoms with Crippen LogP contribution in [0.3, 0.4) is 0 Å². The molecule has 3 N–H and O–H groups in total. The number of thiophene rings is 1. The average Bonchev–Trinajstić information content (AvgIpc) is 3.33. The van der Waals surface area contributed by atoms with Gasteiger partial charge < -0.3 is 15.5 Å². The molecule has 35 heavy (non-hydrogen) atoms. The van der Waals surface area contributed by atoms with E-state index >= 15 is 0 Å². The molecule has 0 saturated carbocycles. The fraction of sp³-hybridized carbons (Fsp3) is 0.107. The minimum atomic E-state index is -0.878. The number of phenolic OH excluding ortho intramolecular Hbond substituents is 1. The zero-order valence-corrected chi connectivity index (χ0v) is 19.8. The van der Waals surface area contributed by atoms with Gasteiger partial charge in [-0.1, -0.05) is 54.6 Å². The maximum atomic E-state index is 12.6. The minimum absolute atomic E-state index is 0.0276. The summed E-state index contributed by atoms with van der Waals surface area (Å²) in [6, 6.07) is 21.8. The van der Waals surface area contributed by atoms with Crippen molar-refractivity contribution in [3.63, 3.8) is 0 Å². The van der Waals surface area contributed by atoms with E-state index in [0.717, 1.165) is 27.8 Å². The number of carboxylic acid groups (broad SMARTS) is 1. The van der Waals surface area contributed by atoms with Crippen LogP contribution < -0.4 is 5.32 Å². The van der Waals surface area contributed by atoms with Crippen LogP contribution in [0.1, 0.15) is 38.1 Å². The van der Waals surface area contributed by atoms with E-state index in [1.54, 1.807) is 30.3 Å². The lowest BCUT2D eigenvalue weighted by Gasteiger charge is -2.07. The molecule has 0 aliphatic rings. The topological polar surface area (TPSA) is 104 Å². The van der Waals surface area contributed by atoms with Crippen molar-refractivity contribution >= 4 is 29.0 Å². The predicted molar refractivity (Wildman–Crippen MR) is 136 cm³/mol. The van der Waals surface area contributed by atoms with Crippen molar-refractivity contribution in [3.8, 4) is 28.0 Å². The molecule has 1 amide bonds. The summed E-state index contributed by atoms with van der Waals surface area (Å²) in [6.07, 6.45) is -0.0276. The first-order valence-electron chi connectivity index (χ1n) is 10.9. The number of nitrogens with one attached hydrogen (secondary N) is 1. The highest BCUT2D eigenvalue weighted by Gasteiger charge is 2.12. The van der Waals surface area contributed by atoms with Crippen molar-refractivity contribution in [1.82, 2.24) is 5.32 Å². The Morgan fingerprint density at radius 1 is 0.800 bits per heavy atom. The summed E-state index contributed by atoms with van der Waals surface area (Å²) in [6.45, 7) is 1.77. The lowest BCUT2D eigenvalue weighted by Crippen LogP contribution is -2.21. The van der Waals surface area contributed by atoms with Gasteiger partial charge in [0.2, 0.25) is 0 Å². The molecule has 1 aromatic heterocycles. The van der Waals surface area contributed by atoms with Crippen molar-refractivity contribution in [2.24, 2.45) is 0 Å². The van der Waals surface area contributed by atoms with E-state index in [4.69, 9.17) is 5.11 Å². The van der Waals surface area contributed by atoms with Crippen molar-refractivity contribution in [2.75, 3.05) is 0 Å². The second kappa shape index (κ2) is 10.4. The van der Waals surface area contributed by atoms with Crippen LogP contribution in [-0.4, -0.2) is 27.9 Å². The predicted octanol–water partition coefficient (Wildman–Crippen LogP) is 5.55. The molecule has 0 aliphatic heterocycles. The first-order chi connectivity index (χ1) is 16.8. The molecule has 0 unspecified atom stereocenters. The fourth-order valence-corrected chi connectivity index (χ4v) is 4.52. The van der Waals surface area contributed by atoms with Crippen LogP contribution in [0.15, 0.2) is 78.2 Å². The standard InChI is InChI=1S/C28H23NO5S/c1-17(30)24-11-10-22(13-25(24)31)20-6-8-21(9-7-20)23-14-26(35-16-23)28(34)29-15-19-4-2-18(3-5-19)12-27(32)33/h2-11,13-14,16,31H,12,15H2,1H3,(H,29,34)(H,32,33). The molecule has 0 fully saturated rings. The number of aromatic hydroxyl groups is 1. The van der Waals surface area contributed by atoms with E-state index in [1.165, 1.54) is 18.3 Å². The maximum absolute atomic E-state index is 12.6. The van der Waals surface area contributed by atoms with Gasteiger partial charge >= 0.3 is 5.97 Å². The number of Topliss-reactive ketones (excluding diaryl/α,β-unsaturated/α-hetero) is 1. The van der Waals surface area contributed by atoms with Gasteiger partial charge in [0.05, 0.1) is 16.9 Å². The molecular formula is C28H23NO5S. The van der Waals surface area contributed by atoms with E-state index in [9.17, 15) is 19.5 Å². The molecule has 0 spiro atoms. The van der Waals surface area contributed by atoms with Crippen molar-refractivity contribution in [3.05, 3.63) is 99.7 Å². The Hall–Kier alpha value is -4.23. The molecule has 3 aromatic carbocycles. The monoisotopic (exact) mass is 485 g/mol. The molecule has 4 rings (SSSR count). The quantitative estimate of drug-likeness (QED) is 0.284. The summed E-state index contributed by atoms with van der Waals surface area (Å²) in [5.41, 5.74) is 5.50. The number of carbonyl (C=O) groups excluding carboxylic acids is 2. The third kappa shape index (κ3) is 5.83. The highest BCUT2D eigenvalue weighted by Crippen LogP contribution is 2.30. The number of phenols is 1. The van der Waals surface area contributed by atoms with Gasteiger partial charge in [0, 0.05) is 6.54 Å². The van der Waals surface area contributed by atoms with Crippen LogP contribution in [0.5, 0.6) is 5.75 Å². The number of aliphatic carboxylic acids is 1. The summed E-state index contributed by atoms with van der Waals surface area (Å²) in [7, 11) is 0. The number of benzene rings is 3. The number of amides is 1. The van der Waals surface area contributed by atoms with Crippen molar-refractivity contribution in [1.29, 1.82) is 0 Å². The zero-order valence-electron chi connectivity index (χ0n) is 18.9. The average molecular weight is 486 g/mol. The van der Waals surface area contributed by atoms with Crippen LogP contribution in [-0.2, 0) is 17.8 Å². The molecule has 176 valence electrons. The number of hydrogen-bond acceptors (Lipinski definition) is 5. The van der Waals surface area contributed by atoms with Crippen LogP contribution >= 0.6 is 11.3 Å². The molecule has 0 radical (unpaired) electrons. The Balaban J connectivity index is 1.40. The number of rotatable bonds is 8. The smallest absolute Gasteiger partial charge is 0.307 e. The van der Waals surface area contributed by atoms with Gasteiger partial charge in [-0.3, -0.25) is 14.4 Å². The van der Waals surface area contributed by atoms with Crippen LogP contribution in [0, 0.1) is 0 Å². The molecule has 0 saturated heterocycles. The van der Waals surface area contributed by atoms with Gasteiger partial charge in [0.25, 0.3) is 5.91 Å². The lowest BCUT2D eigenvalue weighted by molar-refractivity contribution is -0.136. The second-order valence-electron chi connectivity index (χ2n) is 8.13. The Morgan fingerprint density at radius 3 is 2.00 bits per heavy atom. The van der Waals surface area contributed by atoms with Crippen LogP contribution in [0.4, 0.5) is 0 Å². The normalized spacial score (nSPS) is 10.7. The first kappa shape index (κ1) is 23.9. The van der Waals surface area contributed by atoms with E-state index in [1.807, 2.05) is 47.8 Å². The molecule has 7 heteroatoms. The third-order valence-electron chi connectivity index (χ3n) is 5.58. The molecule has 6 nitrogen and oxygen atoms in total. The Kier molecular flexibility index (Phi) is 7.08. The largest absolute Gasteiger partial charge is 0.507 e. The Bertz CT molecular complexity index is 1390. The number of hydrogen-bond donors (Lipinski definition) is 3. The number of carboxylic acids is 1. The highest BCUT2D eigenvalue weighted by atomic mass is 32.1.